The Morgan fingerprint density at radius 2 is 1.96 bits per heavy atom. The van der Waals surface area contributed by atoms with E-state index in [4.69, 9.17) is 16.3 Å². The van der Waals surface area contributed by atoms with Crippen molar-refractivity contribution in [2.24, 2.45) is 0 Å². The maximum atomic E-state index is 12.3. The third kappa shape index (κ3) is 7.03. The van der Waals surface area contributed by atoms with Crippen molar-refractivity contribution >= 4 is 17.5 Å². The molecule has 0 spiro atoms. The van der Waals surface area contributed by atoms with E-state index in [0.717, 1.165) is 5.56 Å². The van der Waals surface area contributed by atoms with Crippen LogP contribution in [0.15, 0.2) is 42.5 Å². The van der Waals surface area contributed by atoms with Crippen molar-refractivity contribution in [3.8, 4) is 11.5 Å². The van der Waals surface area contributed by atoms with Gasteiger partial charge in [-0.15, -0.1) is 0 Å². The van der Waals surface area contributed by atoms with Gasteiger partial charge in [0.15, 0.2) is 11.5 Å². The summed E-state index contributed by atoms with van der Waals surface area (Å²) in [5.41, 5.74) is 1.72. The van der Waals surface area contributed by atoms with Crippen LogP contribution in [0.2, 0.25) is 5.02 Å². The molecule has 146 valence electrons. The van der Waals surface area contributed by atoms with E-state index in [1.165, 1.54) is 13.2 Å². The van der Waals surface area contributed by atoms with Crippen molar-refractivity contribution in [2.45, 2.75) is 19.7 Å². The summed E-state index contributed by atoms with van der Waals surface area (Å²) in [5, 5.41) is 3.44. The Morgan fingerprint density at radius 3 is 2.63 bits per heavy atom. The summed E-state index contributed by atoms with van der Waals surface area (Å²) in [7, 11) is 3.20. The van der Waals surface area contributed by atoms with Crippen LogP contribution in [-0.2, 0) is 17.9 Å². The highest BCUT2D eigenvalue weighted by atomic mass is 35.5. The fourth-order valence-electron chi connectivity index (χ4n) is 2.52. The van der Waals surface area contributed by atoms with Gasteiger partial charge < -0.3 is 14.8 Å². The lowest BCUT2D eigenvalue weighted by Gasteiger charge is -2.17. The molecule has 0 atom stereocenters. The topological polar surface area (TPSA) is 50.8 Å². The lowest BCUT2D eigenvalue weighted by Crippen LogP contribution is -2.34. The Labute approximate surface area is 161 Å². The molecule has 0 saturated carbocycles. The van der Waals surface area contributed by atoms with Crippen LogP contribution in [0.5, 0.6) is 11.5 Å². The number of benzene rings is 2. The molecular weight excluding hydrogens is 378 g/mol. The largest absolute Gasteiger partial charge is 0.493 e. The average molecular weight is 399 g/mol. The lowest BCUT2D eigenvalue weighted by molar-refractivity contribution is -0.122. The quantitative estimate of drug-likeness (QED) is 0.699. The second-order valence-electron chi connectivity index (χ2n) is 5.94. The molecule has 0 aromatic heterocycles. The number of alkyl halides is 2. The third-order valence-corrected chi connectivity index (χ3v) is 3.92. The summed E-state index contributed by atoms with van der Waals surface area (Å²) in [6, 6.07) is 12.0. The maximum absolute atomic E-state index is 12.3. The number of rotatable bonds is 9. The van der Waals surface area contributed by atoms with Gasteiger partial charge in [-0.2, -0.15) is 8.78 Å². The van der Waals surface area contributed by atoms with Gasteiger partial charge in [0, 0.05) is 18.1 Å². The highest BCUT2D eigenvalue weighted by molar-refractivity contribution is 6.30. The normalized spacial score (nSPS) is 10.9. The minimum Gasteiger partial charge on any atom is -0.493 e. The smallest absolute Gasteiger partial charge is 0.387 e. The highest BCUT2D eigenvalue weighted by Gasteiger charge is 2.12. The fourth-order valence-corrected chi connectivity index (χ4v) is 2.73. The van der Waals surface area contributed by atoms with E-state index in [2.05, 4.69) is 10.1 Å². The van der Waals surface area contributed by atoms with Crippen LogP contribution in [0.3, 0.4) is 0 Å². The van der Waals surface area contributed by atoms with Crippen molar-refractivity contribution < 1.29 is 23.0 Å². The zero-order valence-corrected chi connectivity index (χ0v) is 15.8. The SMILES string of the molecule is COc1cc(CNC(=O)CN(C)Cc2cccc(Cl)c2)ccc1OC(F)F. The first-order chi connectivity index (χ1) is 12.9. The van der Waals surface area contributed by atoms with Gasteiger partial charge in [-0.1, -0.05) is 29.8 Å². The predicted octanol–water partition coefficient (Wildman–Crippen LogP) is 3.70. The molecule has 0 bridgehead atoms. The number of ether oxygens (including phenoxy) is 2. The van der Waals surface area contributed by atoms with E-state index in [1.54, 1.807) is 18.2 Å². The van der Waals surface area contributed by atoms with Crippen LogP contribution in [-0.4, -0.2) is 38.1 Å². The maximum Gasteiger partial charge on any atom is 0.387 e. The summed E-state index contributed by atoms with van der Waals surface area (Å²) in [6.07, 6.45) is 0. The molecular formula is C19H21ClF2N2O3. The Hall–Kier alpha value is -2.38. The molecule has 8 heteroatoms. The first-order valence-corrected chi connectivity index (χ1v) is 8.56. The van der Waals surface area contributed by atoms with Crippen LogP contribution in [0.4, 0.5) is 8.78 Å². The number of hydrogen-bond donors (Lipinski definition) is 1. The second kappa shape index (κ2) is 10.1. The summed E-state index contributed by atoms with van der Waals surface area (Å²) in [5.74, 6) is -0.0321. The van der Waals surface area contributed by atoms with Crippen molar-refractivity contribution in [2.75, 3.05) is 20.7 Å². The van der Waals surface area contributed by atoms with Gasteiger partial charge in [-0.05, 0) is 42.4 Å². The zero-order valence-electron chi connectivity index (χ0n) is 15.0. The first-order valence-electron chi connectivity index (χ1n) is 8.19. The van der Waals surface area contributed by atoms with E-state index < -0.39 is 6.61 Å². The number of nitrogens with one attached hydrogen (secondary N) is 1. The molecule has 0 saturated heterocycles. The first kappa shape index (κ1) is 20.9. The Morgan fingerprint density at radius 1 is 1.19 bits per heavy atom. The molecule has 2 aromatic carbocycles. The van der Waals surface area contributed by atoms with Crippen molar-refractivity contribution in [1.29, 1.82) is 0 Å². The van der Waals surface area contributed by atoms with E-state index >= 15 is 0 Å². The second-order valence-corrected chi connectivity index (χ2v) is 6.38. The van der Waals surface area contributed by atoms with E-state index in [0.29, 0.717) is 17.1 Å². The monoisotopic (exact) mass is 398 g/mol. The molecule has 27 heavy (non-hydrogen) atoms. The molecule has 0 aliphatic carbocycles. The predicted molar refractivity (Wildman–Crippen MR) is 99.3 cm³/mol. The molecule has 1 N–H and O–H groups in total. The Bertz CT molecular complexity index is 774. The van der Waals surface area contributed by atoms with Gasteiger partial charge in [0.1, 0.15) is 0 Å². The summed E-state index contributed by atoms with van der Waals surface area (Å²) in [4.78, 5) is 14.0. The van der Waals surface area contributed by atoms with Crippen molar-refractivity contribution in [3.63, 3.8) is 0 Å². The van der Waals surface area contributed by atoms with Crippen molar-refractivity contribution in [1.82, 2.24) is 10.2 Å². The van der Waals surface area contributed by atoms with Gasteiger partial charge >= 0.3 is 6.61 Å². The van der Waals surface area contributed by atoms with Gasteiger partial charge in [0.25, 0.3) is 0 Å². The van der Waals surface area contributed by atoms with Gasteiger partial charge in [0.05, 0.1) is 13.7 Å². The highest BCUT2D eigenvalue weighted by Crippen LogP contribution is 2.29. The van der Waals surface area contributed by atoms with Crippen LogP contribution in [0.1, 0.15) is 11.1 Å². The Kier molecular flexibility index (Phi) is 7.82. The number of nitrogens with zero attached hydrogens (tertiary/aromatic N) is 1. The lowest BCUT2D eigenvalue weighted by atomic mass is 10.2. The van der Waals surface area contributed by atoms with Crippen LogP contribution in [0.25, 0.3) is 0 Å². The van der Waals surface area contributed by atoms with E-state index in [9.17, 15) is 13.6 Å². The molecule has 0 radical (unpaired) electrons. The van der Waals surface area contributed by atoms with Crippen LogP contribution >= 0.6 is 11.6 Å². The molecule has 2 aromatic rings. The number of carbonyl (C=O) groups is 1. The minimum atomic E-state index is -2.93. The standard InChI is InChI=1S/C19H21ClF2N2O3/c1-24(11-14-4-3-5-15(20)8-14)12-18(25)23-10-13-6-7-16(27-19(21)22)17(9-13)26-2/h3-9,19H,10-12H2,1-2H3,(H,23,25). The number of likely N-dealkylation sites (N-methyl/N-ethyl adjacent to an activating group) is 1. The molecule has 5 nitrogen and oxygen atoms in total. The molecule has 2 rings (SSSR count). The van der Waals surface area contributed by atoms with E-state index in [1.807, 2.05) is 30.1 Å². The number of halogens is 3. The van der Waals surface area contributed by atoms with Crippen LogP contribution in [0, 0.1) is 0 Å². The number of hydrogen-bond acceptors (Lipinski definition) is 4. The molecule has 0 aliphatic heterocycles. The molecule has 1 amide bonds. The average Bonchev–Trinajstić information content (AvgIpc) is 2.60. The van der Waals surface area contributed by atoms with E-state index in [-0.39, 0.29) is 30.5 Å². The minimum absolute atomic E-state index is 0.0520. The summed E-state index contributed by atoms with van der Waals surface area (Å²) >= 11 is 5.96. The molecule has 0 unspecified atom stereocenters. The molecule has 0 fully saturated rings. The van der Waals surface area contributed by atoms with Gasteiger partial charge in [-0.25, -0.2) is 0 Å². The van der Waals surface area contributed by atoms with Gasteiger partial charge in [0.2, 0.25) is 5.91 Å². The molecule has 0 heterocycles. The number of carbonyl (C=O) groups excluding carboxylic acids is 1. The van der Waals surface area contributed by atoms with Crippen molar-refractivity contribution in [3.05, 3.63) is 58.6 Å². The van der Waals surface area contributed by atoms with Crippen LogP contribution < -0.4 is 14.8 Å². The Balaban J connectivity index is 1.85. The zero-order chi connectivity index (χ0) is 19.8. The number of methoxy groups -OCH3 is 1. The van der Waals surface area contributed by atoms with Gasteiger partial charge in [-0.3, -0.25) is 9.69 Å². The number of amides is 1. The third-order valence-electron chi connectivity index (χ3n) is 3.69. The molecule has 0 aliphatic rings. The summed E-state index contributed by atoms with van der Waals surface area (Å²) in [6.45, 7) is -1.90. The summed E-state index contributed by atoms with van der Waals surface area (Å²) < 4.78 is 34.1. The fraction of sp³-hybridized carbons (Fsp3) is 0.316.